The summed E-state index contributed by atoms with van der Waals surface area (Å²) in [5.41, 5.74) is 2.01. The highest BCUT2D eigenvalue weighted by Gasteiger charge is 2.11. The van der Waals surface area contributed by atoms with E-state index in [1.807, 2.05) is 42.8 Å². The van der Waals surface area contributed by atoms with E-state index in [2.05, 4.69) is 9.71 Å². The van der Waals surface area contributed by atoms with Gasteiger partial charge in [0.15, 0.2) is 0 Å². The summed E-state index contributed by atoms with van der Waals surface area (Å²) in [7, 11) is -1.19. The molecule has 0 fully saturated rings. The molecule has 0 aliphatic heterocycles. The molecule has 0 amide bonds. The summed E-state index contributed by atoms with van der Waals surface area (Å²) < 4.78 is 28.0. The number of hydrogen-bond acceptors (Lipinski definition) is 3. The van der Waals surface area contributed by atoms with Gasteiger partial charge in [-0.1, -0.05) is 25.5 Å². The van der Waals surface area contributed by atoms with E-state index in [0.717, 1.165) is 23.3 Å². The molecule has 1 N–H and O–H groups in total. The minimum atomic E-state index is -3.14. The molecule has 0 atom stereocenters. The Kier molecular flexibility index (Phi) is 4.77. The number of para-hydroxylation sites is 2. The number of rotatable bonds is 7. The standard InChI is InChI=1S/C14H21N3O2S/c1-3-4-11-20(18,19)15-10-9-14-16-12-7-5-6-8-13(12)17(14)2/h5-8,15H,3-4,9-11H2,1-2H3. The Morgan fingerprint density at radius 3 is 2.75 bits per heavy atom. The van der Waals surface area contributed by atoms with Gasteiger partial charge in [0.25, 0.3) is 0 Å². The molecular formula is C14H21N3O2S. The van der Waals surface area contributed by atoms with Crippen LogP contribution in [0.15, 0.2) is 24.3 Å². The summed E-state index contributed by atoms with van der Waals surface area (Å²) >= 11 is 0. The minimum Gasteiger partial charge on any atom is -0.331 e. The molecule has 0 saturated carbocycles. The zero-order valence-corrected chi connectivity index (χ0v) is 12.8. The lowest BCUT2D eigenvalue weighted by molar-refractivity contribution is 0.577. The number of hydrogen-bond donors (Lipinski definition) is 1. The Bertz CT molecular complexity index is 677. The lowest BCUT2D eigenvalue weighted by Crippen LogP contribution is -2.28. The number of nitrogens with one attached hydrogen (secondary N) is 1. The Hall–Kier alpha value is -1.40. The van der Waals surface area contributed by atoms with Crippen LogP contribution in [-0.4, -0.2) is 30.3 Å². The third kappa shape index (κ3) is 3.58. The topological polar surface area (TPSA) is 64.0 Å². The molecule has 0 saturated heterocycles. The fourth-order valence-corrected chi connectivity index (χ4v) is 3.37. The van der Waals surface area contributed by atoms with Crippen LogP contribution in [0.2, 0.25) is 0 Å². The highest BCUT2D eigenvalue weighted by molar-refractivity contribution is 7.89. The van der Waals surface area contributed by atoms with Gasteiger partial charge in [-0.2, -0.15) is 0 Å². The van der Waals surface area contributed by atoms with Gasteiger partial charge in [-0.25, -0.2) is 18.1 Å². The molecule has 2 rings (SSSR count). The number of sulfonamides is 1. The first-order valence-electron chi connectivity index (χ1n) is 6.91. The van der Waals surface area contributed by atoms with Gasteiger partial charge < -0.3 is 4.57 Å². The van der Waals surface area contributed by atoms with Gasteiger partial charge in [0.05, 0.1) is 16.8 Å². The molecule has 0 bridgehead atoms. The molecule has 2 aromatic rings. The summed E-state index contributed by atoms with van der Waals surface area (Å²) in [4.78, 5) is 4.52. The number of fused-ring (bicyclic) bond motifs is 1. The third-order valence-corrected chi connectivity index (χ3v) is 4.79. The summed E-state index contributed by atoms with van der Waals surface area (Å²) in [6, 6.07) is 7.90. The van der Waals surface area contributed by atoms with Crippen LogP contribution in [0.25, 0.3) is 11.0 Å². The SMILES string of the molecule is CCCCS(=O)(=O)NCCc1nc2ccccc2n1C. The van der Waals surface area contributed by atoms with Crippen molar-refractivity contribution in [2.24, 2.45) is 7.05 Å². The van der Waals surface area contributed by atoms with Gasteiger partial charge in [-0.05, 0) is 18.6 Å². The average Bonchev–Trinajstić information content (AvgIpc) is 2.74. The largest absolute Gasteiger partial charge is 0.331 e. The van der Waals surface area contributed by atoms with E-state index in [1.165, 1.54) is 0 Å². The molecule has 0 unspecified atom stereocenters. The summed E-state index contributed by atoms with van der Waals surface area (Å²) in [6.07, 6.45) is 2.17. The zero-order valence-electron chi connectivity index (χ0n) is 12.0. The van der Waals surface area contributed by atoms with Crippen LogP contribution in [0.3, 0.4) is 0 Å². The molecule has 1 aromatic carbocycles. The Balaban J connectivity index is 1.98. The van der Waals surface area contributed by atoms with E-state index in [-0.39, 0.29) is 5.75 Å². The smallest absolute Gasteiger partial charge is 0.211 e. The number of aryl methyl sites for hydroxylation is 1. The number of nitrogens with zero attached hydrogens (tertiary/aromatic N) is 2. The second kappa shape index (κ2) is 6.37. The van der Waals surface area contributed by atoms with Crippen molar-refractivity contribution >= 4 is 21.1 Å². The fraction of sp³-hybridized carbons (Fsp3) is 0.500. The quantitative estimate of drug-likeness (QED) is 0.847. The highest BCUT2D eigenvalue weighted by atomic mass is 32.2. The van der Waals surface area contributed by atoms with Crippen LogP contribution < -0.4 is 4.72 Å². The Labute approximate surface area is 120 Å². The monoisotopic (exact) mass is 295 g/mol. The maximum absolute atomic E-state index is 11.7. The molecule has 0 aliphatic rings. The van der Waals surface area contributed by atoms with Crippen LogP contribution in [0.5, 0.6) is 0 Å². The van der Waals surface area contributed by atoms with Crippen LogP contribution >= 0.6 is 0 Å². The second-order valence-corrected chi connectivity index (χ2v) is 6.82. The van der Waals surface area contributed by atoms with E-state index < -0.39 is 10.0 Å². The molecule has 20 heavy (non-hydrogen) atoms. The number of unbranched alkanes of at least 4 members (excludes halogenated alkanes) is 1. The first-order valence-corrected chi connectivity index (χ1v) is 8.56. The van der Waals surface area contributed by atoms with Gasteiger partial charge in [-0.3, -0.25) is 0 Å². The molecular weight excluding hydrogens is 274 g/mol. The van der Waals surface area contributed by atoms with Crippen molar-refractivity contribution in [1.82, 2.24) is 14.3 Å². The first kappa shape index (κ1) is 15.0. The third-order valence-electron chi connectivity index (χ3n) is 3.32. The maximum Gasteiger partial charge on any atom is 0.211 e. The number of aromatic nitrogens is 2. The molecule has 0 aliphatic carbocycles. The van der Waals surface area contributed by atoms with Gasteiger partial charge in [0, 0.05) is 20.0 Å². The minimum absolute atomic E-state index is 0.200. The van der Waals surface area contributed by atoms with E-state index in [9.17, 15) is 8.42 Å². The van der Waals surface area contributed by atoms with Crippen LogP contribution in [0.4, 0.5) is 0 Å². The highest BCUT2D eigenvalue weighted by Crippen LogP contribution is 2.14. The predicted molar refractivity (Wildman–Crippen MR) is 81.1 cm³/mol. The van der Waals surface area contributed by atoms with E-state index in [4.69, 9.17) is 0 Å². The lowest BCUT2D eigenvalue weighted by Gasteiger charge is -2.06. The summed E-state index contributed by atoms with van der Waals surface area (Å²) in [5.74, 6) is 1.09. The van der Waals surface area contributed by atoms with Crippen molar-refractivity contribution in [3.8, 4) is 0 Å². The van der Waals surface area contributed by atoms with Crippen molar-refractivity contribution < 1.29 is 8.42 Å². The normalized spacial score (nSPS) is 12.1. The van der Waals surface area contributed by atoms with Crippen molar-refractivity contribution in [1.29, 1.82) is 0 Å². The molecule has 1 aromatic heterocycles. The van der Waals surface area contributed by atoms with Crippen LogP contribution in [0, 0.1) is 0 Å². The van der Waals surface area contributed by atoms with Crippen molar-refractivity contribution in [2.45, 2.75) is 26.2 Å². The summed E-state index contributed by atoms with van der Waals surface area (Å²) in [5, 5.41) is 0. The van der Waals surface area contributed by atoms with Crippen molar-refractivity contribution in [3.63, 3.8) is 0 Å². The fourth-order valence-electron chi connectivity index (χ4n) is 2.14. The Morgan fingerprint density at radius 1 is 1.30 bits per heavy atom. The maximum atomic E-state index is 11.7. The zero-order chi connectivity index (χ0) is 14.6. The van der Waals surface area contributed by atoms with E-state index in [1.54, 1.807) is 0 Å². The van der Waals surface area contributed by atoms with E-state index in [0.29, 0.717) is 19.4 Å². The van der Waals surface area contributed by atoms with Gasteiger partial charge in [-0.15, -0.1) is 0 Å². The lowest BCUT2D eigenvalue weighted by atomic mass is 10.3. The van der Waals surface area contributed by atoms with E-state index >= 15 is 0 Å². The van der Waals surface area contributed by atoms with Crippen molar-refractivity contribution in [2.75, 3.05) is 12.3 Å². The summed E-state index contributed by atoms with van der Waals surface area (Å²) in [6.45, 7) is 2.37. The second-order valence-electron chi connectivity index (χ2n) is 4.89. The van der Waals surface area contributed by atoms with Crippen LogP contribution in [0.1, 0.15) is 25.6 Å². The molecule has 5 nitrogen and oxygen atoms in total. The van der Waals surface area contributed by atoms with Gasteiger partial charge in [0.1, 0.15) is 5.82 Å². The van der Waals surface area contributed by atoms with Crippen LogP contribution in [-0.2, 0) is 23.5 Å². The Morgan fingerprint density at radius 2 is 2.05 bits per heavy atom. The number of imidazole rings is 1. The molecule has 0 radical (unpaired) electrons. The van der Waals surface area contributed by atoms with Crippen molar-refractivity contribution in [3.05, 3.63) is 30.1 Å². The van der Waals surface area contributed by atoms with Gasteiger partial charge >= 0.3 is 0 Å². The first-order chi connectivity index (χ1) is 9.53. The number of benzene rings is 1. The molecule has 1 heterocycles. The average molecular weight is 295 g/mol. The molecule has 6 heteroatoms. The van der Waals surface area contributed by atoms with Gasteiger partial charge in [0.2, 0.25) is 10.0 Å². The molecule has 110 valence electrons. The molecule has 0 spiro atoms. The predicted octanol–water partition coefficient (Wildman–Crippen LogP) is 1.84.